The molecule has 1 aliphatic rings. The van der Waals surface area contributed by atoms with Crippen molar-refractivity contribution in [3.05, 3.63) is 35.4 Å². The minimum absolute atomic E-state index is 0.376. The molecule has 0 spiro atoms. The molecule has 0 radical (unpaired) electrons. The average molecular weight is 219 g/mol. The number of aliphatic hydroxyl groups excluding tert-OH is 1. The van der Waals surface area contributed by atoms with Crippen molar-refractivity contribution < 1.29 is 5.11 Å². The summed E-state index contributed by atoms with van der Waals surface area (Å²) in [7, 11) is 0. The average Bonchev–Trinajstić information content (AvgIpc) is 3.09. The fourth-order valence-electron chi connectivity index (χ4n) is 2.04. The van der Waals surface area contributed by atoms with Crippen LogP contribution in [0.5, 0.6) is 0 Å². The Labute approximate surface area is 97.7 Å². The van der Waals surface area contributed by atoms with E-state index in [1.165, 1.54) is 18.4 Å². The van der Waals surface area contributed by atoms with Crippen molar-refractivity contribution in [1.82, 2.24) is 5.32 Å². The van der Waals surface area contributed by atoms with Crippen molar-refractivity contribution in [1.29, 1.82) is 0 Å². The highest BCUT2D eigenvalue weighted by Gasteiger charge is 2.27. The Balaban J connectivity index is 2.06. The molecule has 1 aliphatic carbocycles. The minimum Gasteiger partial charge on any atom is -0.387 e. The molecule has 0 heterocycles. The SMILES string of the molecule is CC(C)NCC(O)c1ccccc1C1CC1. The van der Waals surface area contributed by atoms with Gasteiger partial charge in [0, 0.05) is 12.6 Å². The van der Waals surface area contributed by atoms with Crippen LogP contribution in [0.1, 0.15) is 49.8 Å². The molecule has 0 bridgehead atoms. The van der Waals surface area contributed by atoms with Crippen LogP contribution >= 0.6 is 0 Å². The van der Waals surface area contributed by atoms with E-state index in [0.717, 1.165) is 5.56 Å². The molecule has 1 fully saturated rings. The molecule has 1 aromatic carbocycles. The zero-order chi connectivity index (χ0) is 11.5. The van der Waals surface area contributed by atoms with Gasteiger partial charge in [-0.15, -0.1) is 0 Å². The van der Waals surface area contributed by atoms with Crippen molar-refractivity contribution in [3.8, 4) is 0 Å². The Morgan fingerprint density at radius 3 is 2.62 bits per heavy atom. The van der Waals surface area contributed by atoms with Crippen LogP contribution < -0.4 is 5.32 Å². The molecular weight excluding hydrogens is 198 g/mol. The van der Waals surface area contributed by atoms with Crippen molar-refractivity contribution in [2.45, 2.75) is 44.8 Å². The molecular formula is C14H21NO. The normalized spacial score (nSPS) is 17.8. The van der Waals surface area contributed by atoms with Gasteiger partial charge in [-0.05, 0) is 29.9 Å². The molecule has 2 heteroatoms. The van der Waals surface area contributed by atoms with Crippen LogP contribution in [0.15, 0.2) is 24.3 Å². The van der Waals surface area contributed by atoms with Gasteiger partial charge in [0.2, 0.25) is 0 Å². The third-order valence-corrected chi connectivity index (χ3v) is 3.09. The zero-order valence-corrected chi connectivity index (χ0v) is 10.1. The van der Waals surface area contributed by atoms with Crippen LogP contribution in [0, 0.1) is 0 Å². The van der Waals surface area contributed by atoms with Crippen LogP contribution in [-0.2, 0) is 0 Å². The van der Waals surface area contributed by atoms with E-state index >= 15 is 0 Å². The summed E-state index contributed by atoms with van der Waals surface area (Å²) in [6.45, 7) is 4.83. The van der Waals surface area contributed by atoms with Gasteiger partial charge in [-0.2, -0.15) is 0 Å². The topological polar surface area (TPSA) is 32.3 Å². The van der Waals surface area contributed by atoms with Crippen molar-refractivity contribution in [2.24, 2.45) is 0 Å². The highest BCUT2D eigenvalue weighted by Crippen LogP contribution is 2.42. The van der Waals surface area contributed by atoms with Crippen molar-refractivity contribution >= 4 is 0 Å². The zero-order valence-electron chi connectivity index (χ0n) is 10.1. The summed E-state index contributed by atoms with van der Waals surface area (Å²) in [6, 6.07) is 8.72. The first-order valence-corrected chi connectivity index (χ1v) is 6.18. The van der Waals surface area contributed by atoms with Gasteiger partial charge < -0.3 is 10.4 Å². The molecule has 0 amide bonds. The van der Waals surface area contributed by atoms with E-state index in [4.69, 9.17) is 0 Å². The number of aliphatic hydroxyl groups is 1. The first-order chi connectivity index (χ1) is 7.68. The van der Waals surface area contributed by atoms with Crippen LogP contribution in [0.4, 0.5) is 0 Å². The third kappa shape index (κ3) is 2.83. The van der Waals surface area contributed by atoms with Gasteiger partial charge in [0.15, 0.2) is 0 Å². The smallest absolute Gasteiger partial charge is 0.0917 e. The predicted octanol–water partition coefficient (Wildman–Crippen LogP) is 2.60. The summed E-state index contributed by atoms with van der Waals surface area (Å²) in [5.41, 5.74) is 2.46. The molecule has 2 nitrogen and oxygen atoms in total. The van der Waals surface area contributed by atoms with E-state index < -0.39 is 0 Å². The highest BCUT2D eigenvalue weighted by atomic mass is 16.3. The van der Waals surface area contributed by atoms with Gasteiger partial charge in [0.05, 0.1) is 6.10 Å². The monoisotopic (exact) mass is 219 g/mol. The van der Waals surface area contributed by atoms with Gasteiger partial charge in [0.25, 0.3) is 0 Å². The Hall–Kier alpha value is -0.860. The van der Waals surface area contributed by atoms with Crippen LogP contribution in [0.3, 0.4) is 0 Å². The van der Waals surface area contributed by atoms with Gasteiger partial charge in [0.1, 0.15) is 0 Å². The summed E-state index contributed by atoms with van der Waals surface area (Å²) in [5, 5.41) is 13.4. The molecule has 1 aromatic rings. The van der Waals surface area contributed by atoms with Gasteiger partial charge in [-0.25, -0.2) is 0 Å². The Morgan fingerprint density at radius 2 is 2.00 bits per heavy atom. The second-order valence-electron chi connectivity index (χ2n) is 4.98. The van der Waals surface area contributed by atoms with E-state index in [-0.39, 0.29) is 6.10 Å². The molecule has 16 heavy (non-hydrogen) atoms. The molecule has 1 atom stereocenters. The fourth-order valence-corrected chi connectivity index (χ4v) is 2.04. The third-order valence-electron chi connectivity index (χ3n) is 3.09. The molecule has 0 aromatic heterocycles. The van der Waals surface area contributed by atoms with E-state index in [2.05, 4.69) is 37.4 Å². The van der Waals surface area contributed by atoms with Crippen LogP contribution in [0.2, 0.25) is 0 Å². The lowest BCUT2D eigenvalue weighted by molar-refractivity contribution is 0.170. The molecule has 2 N–H and O–H groups in total. The quantitative estimate of drug-likeness (QED) is 0.798. The number of hydrogen-bond donors (Lipinski definition) is 2. The van der Waals surface area contributed by atoms with Crippen LogP contribution in [-0.4, -0.2) is 17.7 Å². The molecule has 0 aliphatic heterocycles. The van der Waals surface area contributed by atoms with Gasteiger partial charge in [-0.1, -0.05) is 38.1 Å². The molecule has 1 unspecified atom stereocenters. The minimum atomic E-state index is -0.376. The second-order valence-corrected chi connectivity index (χ2v) is 4.98. The maximum atomic E-state index is 10.2. The summed E-state index contributed by atoms with van der Waals surface area (Å²) in [5.74, 6) is 0.699. The van der Waals surface area contributed by atoms with E-state index in [0.29, 0.717) is 18.5 Å². The summed E-state index contributed by atoms with van der Waals surface area (Å²) in [4.78, 5) is 0. The van der Waals surface area contributed by atoms with E-state index in [9.17, 15) is 5.11 Å². The first kappa shape index (κ1) is 11.6. The Morgan fingerprint density at radius 1 is 1.31 bits per heavy atom. The lowest BCUT2D eigenvalue weighted by Crippen LogP contribution is -2.28. The largest absolute Gasteiger partial charge is 0.387 e. The summed E-state index contributed by atoms with van der Waals surface area (Å²) < 4.78 is 0. The number of rotatable bonds is 5. The first-order valence-electron chi connectivity index (χ1n) is 6.18. The van der Waals surface area contributed by atoms with Gasteiger partial charge in [-0.3, -0.25) is 0 Å². The lowest BCUT2D eigenvalue weighted by atomic mass is 9.99. The molecule has 0 saturated heterocycles. The summed E-state index contributed by atoms with van der Waals surface area (Å²) in [6.07, 6.45) is 2.18. The summed E-state index contributed by atoms with van der Waals surface area (Å²) >= 11 is 0. The van der Waals surface area contributed by atoms with Gasteiger partial charge >= 0.3 is 0 Å². The Bertz CT molecular complexity index is 344. The molecule has 2 rings (SSSR count). The van der Waals surface area contributed by atoms with Crippen LogP contribution in [0.25, 0.3) is 0 Å². The second kappa shape index (κ2) is 4.98. The standard InChI is InChI=1S/C14H21NO/c1-10(2)15-9-14(16)13-6-4-3-5-12(13)11-7-8-11/h3-6,10-11,14-16H,7-9H2,1-2H3. The van der Waals surface area contributed by atoms with E-state index in [1.807, 2.05) is 6.07 Å². The predicted molar refractivity (Wildman–Crippen MR) is 66.5 cm³/mol. The molecule has 1 saturated carbocycles. The molecule has 88 valence electrons. The number of hydrogen-bond acceptors (Lipinski definition) is 2. The maximum absolute atomic E-state index is 10.2. The number of nitrogens with one attached hydrogen (secondary N) is 1. The van der Waals surface area contributed by atoms with Crippen molar-refractivity contribution in [3.63, 3.8) is 0 Å². The Kier molecular flexibility index (Phi) is 3.62. The van der Waals surface area contributed by atoms with E-state index in [1.54, 1.807) is 0 Å². The number of benzene rings is 1. The maximum Gasteiger partial charge on any atom is 0.0917 e. The lowest BCUT2D eigenvalue weighted by Gasteiger charge is -2.17. The highest BCUT2D eigenvalue weighted by molar-refractivity contribution is 5.34. The fraction of sp³-hybridized carbons (Fsp3) is 0.571. The van der Waals surface area contributed by atoms with Crippen molar-refractivity contribution in [2.75, 3.05) is 6.54 Å².